The predicted molar refractivity (Wildman–Crippen MR) is 121 cm³/mol. The molecule has 4 nitrogen and oxygen atoms in total. The number of benzene rings is 1. The van der Waals surface area contributed by atoms with Crippen molar-refractivity contribution in [3.05, 3.63) is 59.8 Å². The van der Waals surface area contributed by atoms with Gasteiger partial charge in [-0.3, -0.25) is 9.67 Å². The summed E-state index contributed by atoms with van der Waals surface area (Å²) in [6, 6.07) is 8.78. The number of nitrogens with one attached hydrogen (secondary N) is 1. The normalized spacial score (nSPS) is 15.1. The summed E-state index contributed by atoms with van der Waals surface area (Å²) in [6.45, 7) is 8.21. The minimum Gasteiger partial charge on any atom is -0.369 e. The van der Waals surface area contributed by atoms with Crippen molar-refractivity contribution in [1.82, 2.24) is 14.8 Å². The van der Waals surface area contributed by atoms with Gasteiger partial charge < -0.3 is 5.32 Å². The molecule has 28 heavy (non-hydrogen) atoms. The van der Waals surface area contributed by atoms with E-state index in [0.717, 1.165) is 36.4 Å². The lowest BCUT2D eigenvalue weighted by Crippen LogP contribution is -2.25. The molecule has 0 amide bonds. The standard InChI is InChI=1S/C14H16FN3S.C7H8NP/c1-14(2,3)18-12-9-6-8(15)4-5-11(9)17-13(19)10(12)7-16-18;1-6-3-4-7(9-2)5-8-6/h4-7,13,17,19H,1-3H3;3-5H,2H2,1H3/t13-;/m1./s1. The highest BCUT2D eigenvalue weighted by molar-refractivity contribution is 7.80. The first-order valence-corrected chi connectivity index (χ1v) is 10.5. The van der Waals surface area contributed by atoms with E-state index in [2.05, 4.69) is 55.1 Å². The molecule has 0 fully saturated rings. The zero-order chi connectivity index (χ0) is 20.5. The van der Waals surface area contributed by atoms with E-state index in [1.165, 1.54) is 11.4 Å². The number of pyridine rings is 1. The van der Waals surface area contributed by atoms with Crippen LogP contribution in [0.15, 0.2) is 42.7 Å². The Kier molecular flexibility index (Phi) is 5.92. The lowest BCUT2D eigenvalue weighted by atomic mass is 9.99. The topological polar surface area (TPSA) is 42.7 Å². The van der Waals surface area contributed by atoms with Gasteiger partial charge in [-0.05, 0) is 58.0 Å². The van der Waals surface area contributed by atoms with Gasteiger partial charge in [-0.2, -0.15) is 5.10 Å². The van der Waals surface area contributed by atoms with E-state index in [4.69, 9.17) is 0 Å². The maximum atomic E-state index is 13.5. The SMILES string of the molecule is C=Pc1ccc(C)nc1.CC(C)(C)n1ncc2c1-c1cc(F)ccc1N[C@@H]2S. The van der Waals surface area contributed by atoms with E-state index in [1.54, 1.807) is 18.3 Å². The van der Waals surface area contributed by atoms with Gasteiger partial charge in [0.15, 0.2) is 0 Å². The average Bonchev–Trinajstić information content (AvgIpc) is 3.10. The van der Waals surface area contributed by atoms with Gasteiger partial charge in [-0.15, -0.1) is 12.6 Å². The van der Waals surface area contributed by atoms with Crippen molar-refractivity contribution in [3.63, 3.8) is 0 Å². The van der Waals surface area contributed by atoms with Crippen molar-refractivity contribution in [3.8, 4) is 11.3 Å². The number of aryl methyl sites for hydroxylation is 1. The molecule has 3 heterocycles. The zero-order valence-electron chi connectivity index (χ0n) is 16.4. The summed E-state index contributed by atoms with van der Waals surface area (Å²) in [5.74, 6) is -0.245. The van der Waals surface area contributed by atoms with E-state index in [1.807, 2.05) is 29.9 Å². The molecule has 1 aliphatic rings. The molecule has 4 rings (SSSR count). The Hall–Kier alpha value is -2.17. The number of anilines is 1. The van der Waals surface area contributed by atoms with Crippen LogP contribution in [0.5, 0.6) is 0 Å². The molecule has 1 N–H and O–H groups in total. The minimum atomic E-state index is -0.245. The summed E-state index contributed by atoms with van der Waals surface area (Å²) in [6.07, 6.45) is 7.37. The Labute approximate surface area is 172 Å². The second-order valence-corrected chi connectivity index (χ2v) is 8.93. The summed E-state index contributed by atoms with van der Waals surface area (Å²) < 4.78 is 15.5. The molecule has 0 aliphatic carbocycles. The van der Waals surface area contributed by atoms with Gasteiger partial charge in [0, 0.05) is 34.0 Å². The molecule has 3 aromatic rings. The van der Waals surface area contributed by atoms with Gasteiger partial charge in [0.1, 0.15) is 5.82 Å². The lowest BCUT2D eigenvalue weighted by molar-refractivity contribution is 0.360. The molecule has 146 valence electrons. The number of halogens is 1. The second-order valence-electron chi connectivity index (χ2n) is 7.58. The highest BCUT2D eigenvalue weighted by atomic mass is 32.1. The van der Waals surface area contributed by atoms with Crippen LogP contribution in [-0.4, -0.2) is 21.1 Å². The first-order chi connectivity index (χ1) is 13.2. The predicted octanol–water partition coefficient (Wildman–Crippen LogP) is 5.19. The minimum absolute atomic E-state index is 0.121. The van der Waals surface area contributed by atoms with Crippen molar-refractivity contribution in [1.29, 1.82) is 0 Å². The van der Waals surface area contributed by atoms with Crippen LogP contribution in [-0.2, 0) is 5.54 Å². The Morgan fingerprint density at radius 3 is 2.57 bits per heavy atom. The molecular formula is C21H24FN4PS. The highest BCUT2D eigenvalue weighted by Gasteiger charge is 2.30. The van der Waals surface area contributed by atoms with Crippen molar-refractivity contribution in [2.75, 3.05) is 5.32 Å². The van der Waals surface area contributed by atoms with E-state index < -0.39 is 0 Å². The number of rotatable bonds is 1. The Morgan fingerprint density at radius 1 is 1.21 bits per heavy atom. The summed E-state index contributed by atoms with van der Waals surface area (Å²) >= 11 is 4.54. The van der Waals surface area contributed by atoms with Crippen LogP contribution >= 0.6 is 20.8 Å². The molecule has 0 spiro atoms. The van der Waals surface area contributed by atoms with E-state index in [-0.39, 0.29) is 16.7 Å². The molecule has 0 radical (unpaired) electrons. The van der Waals surface area contributed by atoms with Gasteiger partial charge >= 0.3 is 0 Å². The fourth-order valence-electron chi connectivity index (χ4n) is 2.96. The molecule has 1 atom stereocenters. The molecule has 1 aliphatic heterocycles. The molecule has 0 saturated heterocycles. The van der Waals surface area contributed by atoms with Crippen LogP contribution in [0, 0.1) is 12.7 Å². The smallest absolute Gasteiger partial charge is 0.124 e. The first-order valence-electron chi connectivity index (χ1n) is 8.93. The summed E-state index contributed by atoms with van der Waals surface area (Å²) in [4.78, 5) is 4.10. The quantitative estimate of drug-likeness (QED) is 0.425. The average molecular weight is 414 g/mol. The van der Waals surface area contributed by atoms with Crippen LogP contribution in [0.25, 0.3) is 11.3 Å². The fraction of sp³-hybridized carbons (Fsp3) is 0.286. The summed E-state index contributed by atoms with van der Waals surface area (Å²) in [5.41, 5.74) is 4.55. The number of hydrogen-bond acceptors (Lipinski definition) is 4. The Bertz CT molecular complexity index is 993. The van der Waals surface area contributed by atoms with Crippen molar-refractivity contribution in [2.24, 2.45) is 0 Å². The highest BCUT2D eigenvalue weighted by Crippen LogP contribution is 2.43. The number of hydrogen-bond donors (Lipinski definition) is 2. The summed E-state index contributed by atoms with van der Waals surface area (Å²) in [7, 11) is 1.04. The van der Waals surface area contributed by atoms with Crippen LogP contribution in [0.2, 0.25) is 0 Å². The molecule has 1 aromatic carbocycles. The number of aromatic nitrogens is 3. The van der Waals surface area contributed by atoms with E-state index >= 15 is 0 Å². The molecule has 0 saturated carbocycles. The Balaban J connectivity index is 0.000000211. The monoisotopic (exact) mass is 414 g/mol. The third-order valence-electron chi connectivity index (χ3n) is 4.33. The van der Waals surface area contributed by atoms with Crippen molar-refractivity contribution in [2.45, 2.75) is 38.6 Å². The number of thiol groups is 1. The van der Waals surface area contributed by atoms with Crippen LogP contribution in [0.4, 0.5) is 10.1 Å². The fourth-order valence-corrected chi connectivity index (χ4v) is 3.60. The van der Waals surface area contributed by atoms with Crippen molar-refractivity contribution < 1.29 is 4.39 Å². The van der Waals surface area contributed by atoms with Gasteiger partial charge in [0.05, 0.1) is 22.8 Å². The van der Waals surface area contributed by atoms with Gasteiger partial charge in [-0.1, -0.05) is 14.5 Å². The maximum Gasteiger partial charge on any atom is 0.124 e. The number of nitrogens with zero attached hydrogens (tertiary/aromatic N) is 3. The first kappa shape index (κ1) is 20.6. The molecular weight excluding hydrogens is 390 g/mol. The Morgan fingerprint density at radius 2 is 1.96 bits per heavy atom. The van der Waals surface area contributed by atoms with E-state index in [0.29, 0.717) is 0 Å². The molecule has 0 unspecified atom stereocenters. The third-order valence-corrected chi connectivity index (χ3v) is 5.37. The largest absolute Gasteiger partial charge is 0.369 e. The summed E-state index contributed by atoms with van der Waals surface area (Å²) in [5, 5.41) is 8.75. The van der Waals surface area contributed by atoms with Crippen LogP contribution < -0.4 is 10.6 Å². The zero-order valence-corrected chi connectivity index (χ0v) is 18.2. The molecule has 7 heteroatoms. The molecule has 2 aromatic heterocycles. The van der Waals surface area contributed by atoms with Gasteiger partial charge in [-0.25, -0.2) is 4.39 Å². The van der Waals surface area contributed by atoms with E-state index in [9.17, 15) is 4.39 Å². The lowest BCUT2D eigenvalue weighted by Gasteiger charge is -2.29. The van der Waals surface area contributed by atoms with Gasteiger partial charge in [0.25, 0.3) is 0 Å². The van der Waals surface area contributed by atoms with Crippen LogP contribution in [0.3, 0.4) is 0 Å². The maximum absolute atomic E-state index is 13.5. The third kappa shape index (κ3) is 4.29. The molecule has 0 bridgehead atoms. The van der Waals surface area contributed by atoms with Crippen molar-refractivity contribution >= 4 is 38.1 Å². The second kappa shape index (κ2) is 8.06. The van der Waals surface area contributed by atoms with Crippen LogP contribution in [0.1, 0.15) is 37.4 Å². The van der Waals surface area contributed by atoms with Gasteiger partial charge in [0.2, 0.25) is 0 Å². The number of fused-ring (bicyclic) bond motifs is 3.